The van der Waals surface area contributed by atoms with E-state index in [1.165, 1.54) is 0 Å². The standard InChI is InChI=1S/C22H22ClN3O2S2/c1-26-11-10-24-21(26)20(15-6-8-16(23)9-7-15)25-19(27)14-28-18-5-3-2-4-17(18)22-29-12-13-30-22/h2-11,20,22H,12-14H2,1H3,(H,25,27)/t20-/m1/s1. The van der Waals surface area contributed by atoms with Crippen molar-refractivity contribution >= 4 is 41.0 Å². The summed E-state index contributed by atoms with van der Waals surface area (Å²) in [5.74, 6) is 3.57. The van der Waals surface area contributed by atoms with Gasteiger partial charge in [0.25, 0.3) is 5.91 Å². The number of carbonyl (C=O) groups is 1. The summed E-state index contributed by atoms with van der Waals surface area (Å²) < 4.78 is 8.18. The second kappa shape index (κ2) is 9.81. The molecule has 0 unspecified atom stereocenters. The van der Waals surface area contributed by atoms with Crippen LogP contribution in [0.2, 0.25) is 5.02 Å². The first-order valence-electron chi connectivity index (χ1n) is 9.59. The Morgan fingerprint density at radius 3 is 2.67 bits per heavy atom. The van der Waals surface area contributed by atoms with Crippen molar-refractivity contribution in [2.75, 3.05) is 18.1 Å². The van der Waals surface area contributed by atoms with Gasteiger partial charge >= 0.3 is 0 Å². The summed E-state index contributed by atoms with van der Waals surface area (Å²) in [5, 5.41) is 3.70. The van der Waals surface area contributed by atoms with Crippen molar-refractivity contribution in [3.8, 4) is 5.75 Å². The van der Waals surface area contributed by atoms with Crippen LogP contribution in [0.4, 0.5) is 0 Å². The van der Waals surface area contributed by atoms with Crippen molar-refractivity contribution in [3.05, 3.63) is 82.9 Å². The molecule has 1 saturated heterocycles. The van der Waals surface area contributed by atoms with Crippen molar-refractivity contribution in [3.63, 3.8) is 0 Å². The number of thioether (sulfide) groups is 2. The number of para-hydroxylation sites is 1. The highest BCUT2D eigenvalue weighted by Crippen LogP contribution is 2.48. The van der Waals surface area contributed by atoms with Crippen LogP contribution in [0.3, 0.4) is 0 Å². The van der Waals surface area contributed by atoms with Crippen molar-refractivity contribution in [1.29, 1.82) is 0 Å². The van der Waals surface area contributed by atoms with E-state index in [-0.39, 0.29) is 12.5 Å². The number of imidazole rings is 1. The number of amides is 1. The maximum Gasteiger partial charge on any atom is 0.258 e. The van der Waals surface area contributed by atoms with Crippen molar-refractivity contribution < 1.29 is 9.53 Å². The third-order valence-corrected chi connectivity index (χ3v) is 8.10. The minimum Gasteiger partial charge on any atom is -0.483 e. The molecule has 1 atom stereocenters. The number of hydrogen-bond donors (Lipinski definition) is 1. The summed E-state index contributed by atoms with van der Waals surface area (Å²) in [6, 6.07) is 15.0. The molecular weight excluding hydrogens is 438 g/mol. The van der Waals surface area contributed by atoms with Gasteiger partial charge in [-0.1, -0.05) is 41.9 Å². The molecule has 0 saturated carbocycles. The van der Waals surface area contributed by atoms with Crippen LogP contribution in [0.1, 0.15) is 27.6 Å². The lowest BCUT2D eigenvalue weighted by Gasteiger charge is -2.20. The molecule has 0 bridgehead atoms. The van der Waals surface area contributed by atoms with Crippen LogP contribution in [0.25, 0.3) is 0 Å². The van der Waals surface area contributed by atoms with Crippen LogP contribution in [-0.4, -0.2) is 33.6 Å². The molecule has 2 heterocycles. The summed E-state index contributed by atoms with van der Waals surface area (Å²) >= 11 is 9.86. The van der Waals surface area contributed by atoms with E-state index >= 15 is 0 Å². The first-order chi connectivity index (χ1) is 14.6. The molecule has 0 spiro atoms. The summed E-state index contributed by atoms with van der Waals surface area (Å²) in [6.07, 6.45) is 3.57. The van der Waals surface area contributed by atoms with E-state index < -0.39 is 6.04 Å². The molecular formula is C22H22ClN3O2S2. The Labute approximate surface area is 189 Å². The zero-order chi connectivity index (χ0) is 20.9. The molecule has 30 heavy (non-hydrogen) atoms. The van der Waals surface area contributed by atoms with E-state index in [0.29, 0.717) is 9.60 Å². The summed E-state index contributed by atoms with van der Waals surface area (Å²) in [6.45, 7) is -0.0619. The summed E-state index contributed by atoms with van der Waals surface area (Å²) in [7, 11) is 1.90. The maximum atomic E-state index is 12.8. The van der Waals surface area contributed by atoms with E-state index in [9.17, 15) is 4.79 Å². The summed E-state index contributed by atoms with van der Waals surface area (Å²) in [5.41, 5.74) is 2.04. The molecule has 5 nitrogen and oxygen atoms in total. The van der Waals surface area contributed by atoms with Crippen molar-refractivity contribution in [1.82, 2.24) is 14.9 Å². The van der Waals surface area contributed by atoms with Crippen LogP contribution in [0.15, 0.2) is 60.9 Å². The summed E-state index contributed by atoms with van der Waals surface area (Å²) in [4.78, 5) is 17.2. The van der Waals surface area contributed by atoms with Gasteiger partial charge in [0.15, 0.2) is 6.61 Å². The van der Waals surface area contributed by atoms with Crippen LogP contribution in [-0.2, 0) is 11.8 Å². The van der Waals surface area contributed by atoms with Crippen molar-refractivity contribution in [2.45, 2.75) is 10.6 Å². The van der Waals surface area contributed by atoms with Gasteiger partial charge in [-0.05, 0) is 23.8 Å². The third-order valence-electron chi connectivity index (χ3n) is 4.78. The molecule has 4 rings (SSSR count). The molecule has 8 heteroatoms. The largest absolute Gasteiger partial charge is 0.483 e. The lowest BCUT2D eigenvalue weighted by Crippen LogP contribution is -2.34. The minimum atomic E-state index is -0.394. The van der Waals surface area contributed by atoms with Gasteiger partial charge in [-0.2, -0.15) is 0 Å². The third kappa shape index (κ3) is 4.96. The lowest BCUT2D eigenvalue weighted by molar-refractivity contribution is -0.123. The van der Waals surface area contributed by atoms with Crippen LogP contribution in [0.5, 0.6) is 5.75 Å². The molecule has 3 aromatic rings. The van der Waals surface area contributed by atoms with Gasteiger partial charge in [0, 0.05) is 41.5 Å². The number of ether oxygens (including phenoxy) is 1. The number of aryl methyl sites for hydroxylation is 1. The molecule has 156 valence electrons. The van der Waals surface area contributed by atoms with Gasteiger partial charge in [-0.15, -0.1) is 23.5 Å². The first kappa shape index (κ1) is 21.2. The van der Waals surface area contributed by atoms with Crippen LogP contribution >= 0.6 is 35.1 Å². The highest BCUT2D eigenvalue weighted by Gasteiger charge is 2.23. The number of nitrogens with one attached hydrogen (secondary N) is 1. The van der Waals surface area contributed by atoms with E-state index in [1.807, 2.05) is 83.8 Å². The quantitative estimate of drug-likeness (QED) is 0.548. The monoisotopic (exact) mass is 459 g/mol. The molecule has 1 amide bonds. The van der Waals surface area contributed by atoms with Crippen LogP contribution in [0, 0.1) is 0 Å². The minimum absolute atomic E-state index is 0.0619. The number of rotatable bonds is 7. The molecule has 1 aliphatic rings. The zero-order valence-corrected chi connectivity index (χ0v) is 18.8. The number of benzene rings is 2. The van der Waals surface area contributed by atoms with E-state index in [1.54, 1.807) is 6.20 Å². The van der Waals surface area contributed by atoms with Gasteiger partial charge in [-0.3, -0.25) is 4.79 Å². The highest BCUT2D eigenvalue weighted by atomic mass is 35.5. The Morgan fingerprint density at radius 2 is 1.97 bits per heavy atom. The molecule has 1 fully saturated rings. The fourth-order valence-corrected chi connectivity index (χ4v) is 6.33. The first-order valence-corrected chi connectivity index (χ1v) is 12.1. The Bertz CT molecular complexity index is 1000. The van der Waals surface area contributed by atoms with E-state index in [4.69, 9.17) is 16.3 Å². The Balaban J connectivity index is 1.47. The fourth-order valence-electron chi connectivity index (χ4n) is 3.30. The number of carbonyl (C=O) groups excluding carboxylic acids is 1. The SMILES string of the molecule is Cn1ccnc1[C@H](NC(=O)COc1ccccc1C1SCCS1)c1ccc(Cl)cc1. The average Bonchev–Trinajstić information content (AvgIpc) is 3.43. The maximum absolute atomic E-state index is 12.8. The zero-order valence-electron chi connectivity index (χ0n) is 16.5. The molecule has 2 aromatic carbocycles. The van der Waals surface area contributed by atoms with Gasteiger partial charge in [0.2, 0.25) is 0 Å². The van der Waals surface area contributed by atoms with Gasteiger partial charge in [0.1, 0.15) is 17.6 Å². The number of hydrogen-bond acceptors (Lipinski definition) is 5. The second-order valence-electron chi connectivity index (χ2n) is 6.85. The van der Waals surface area contributed by atoms with Crippen LogP contribution < -0.4 is 10.1 Å². The van der Waals surface area contributed by atoms with Gasteiger partial charge in [-0.25, -0.2) is 4.98 Å². The molecule has 1 N–H and O–H groups in total. The molecule has 1 aliphatic heterocycles. The van der Waals surface area contributed by atoms with Gasteiger partial charge < -0.3 is 14.6 Å². The predicted octanol–water partition coefficient (Wildman–Crippen LogP) is 4.84. The molecule has 0 aliphatic carbocycles. The van der Waals surface area contributed by atoms with Crippen molar-refractivity contribution in [2.24, 2.45) is 7.05 Å². The fraction of sp³-hybridized carbons (Fsp3) is 0.273. The predicted molar refractivity (Wildman–Crippen MR) is 124 cm³/mol. The molecule has 1 aromatic heterocycles. The second-order valence-corrected chi connectivity index (χ2v) is 10.0. The smallest absolute Gasteiger partial charge is 0.258 e. The number of halogens is 1. The van der Waals surface area contributed by atoms with E-state index in [2.05, 4.69) is 16.4 Å². The molecule has 0 radical (unpaired) electrons. The lowest BCUT2D eigenvalue weighted by atomic mass is 10.1. The topological polar surface area (TPSA) is 56.2 Å². The Hall–Kier alpha value is -2.09. The average molecular weight is 460 g/mol. The normalized spacial score (nSPS) is 15.1. The number of aromatic nitrogens is 2. The Morgan fingerprint density at radius 1 is 1.23 bits per heavy atom. The Kier molecular flexibility index (Phi) is 6.92. The van der Waals surface area contributed by atoms with Gasteiger partial charge in [0.05, 0.1) is 4.58 Å². The van der Waals surface area contributed by atoms with E-state index in [0.717, 1.165) is 34.2 Å². The number of nitrogens with zero attached hydrogens (tertiary/aromatic N) is 2. The highest BCUT2D eigenvalue weighted by molar-refractivity contribution is 8.19.